The zero-order chi connectivity index (χ0) is 15.3. The van der Waals surface area contributed by atoms with Gasteiger partial charge in [0.05, 0.1) is 6.54 Å². The molecular formula is C16H27N3O. The Morgan fingerprint density at radius 2 is 1.75 bits per heavy atom. The Balaban J connectivity index is 2.96. The normalized spacial score (nSPS) is 10.8. The lowest BCUT2D eigenvalue weighted by molar-refractivity contribution is -0.119. The van der Waals surface area contributed by atoms with Gasteiger partial charge in [0, 0.05) is 32.5 Å². The summed E-state index contributed by atoms with van der Waals surface area (Å²) in [7, 11) is 7.86. The molecule has 20 heavy (non-hydrogen) atoms. The number of carbonyl (C=O) groups excluding carboxylic acids is 1. The van der Waals surface area contributed by atoms with E-state index in [4.69, 9.17) is 0 Å². The van der Waals surface area contributed by atoms with Crippen LogP contribution in [0.5, 0.6) is 0 Å². The van der Waals surface area contributed by atoms with Crippen LogP contribution in [0.2, 0.25) is 0 Å². The summed E-state index contributed by atoms with van der Waals surface area (Å²) < 4.78 is 0. The van der Waals surface area contributed by atoms with Gasteiger partial charge in [-0.25, -0.2) is 0 Å². The number of hydrogen-bond donors (Lipinski definition) is 0. The van der Waals surface area contributed by atoms with Gasteiger partial charge in [0.1, 0.15) is 0 Å². The maximum Gasteiger partial charge on any atom is 0.240 e. The third-order valence-corrected chi connectivity index (χ3v) is 3.64. The number of amides is 1. The smallest absolute Gasteiger partial charge is 0.240 e. The maximum atomic E-state index is 12.2. The van der Waals surface area contributed by atoms with E-state index in [-0.39, 0.29) is 5.91 Å². The van der Waals surface area contributed by atoms with E-state index in [1.54, 1.807) is 4.90 Å². The van der Waals surface area contributed by atoms with E-state index >= 15 is 0 Å². The molecule has 1 rings (SSSR count). The molecule has 0 aliphatic carbocycles. The minimum Gasteiger partial charge on any atom is -0.377 e. The van der Waals surface area contributed by atoms with E-state index in [0.717, 1.165) is 18.7 Å². The molecule has 112 valence electrons. The molecule has 1 aromatic carbocycles. The molecule has 0 radical (unpaired) electrons. The van der Waals surface area contributed by atoms with Crippen molar-refractivity contribution in [3.8, 4) is 0 Å². The van der Waals surface area contributed by atoms with Crippen molar-refractivity contribution in [1.82, 2.24) is 4.90 Å². The number of carbonyl (C=O) groups is 1. The highest BCUT2D eigenvalue weighted by Crippen LogP contribution is 2.25. The van der Waals surface area contributed by atoms with Crippen molar-refractivity contribution in [1.29, 1.82) is 0 Å². The minimum atomic E-state index is 0.114. The molecular weight excluding hydrogens is 250 g/mol. The van der Waals surface area contributed by atoms with Crippen LogP contribution < -0.4 is 9.80 Å². The van der Waals surface area contributed by atoms with Crippen LogP contribution in [0.3, 0.4) is 0 Å². The van der Waals surface area contributed by atoms with Gasteiger partial charge in [0.15, 0.2) is 0 Å². The summed E-state index contributed by atoms with van der Waals surface area (Å²) in [5, 5.41) is 0. The summed E-state index contributed by atoms with van der Waals surface area (Å²) in [6.07, 6.45) is 0.990. The third kappa shape index (κ3) is 3.97. The van der Waals surface area contributed by atoms with Crippen molar-refractivity contribution in [2.45, 2.75) is 20.3 Å². The summed E-state index contributed by atoms with van der Waals surface area (Å²) in [4.78, 5) is 18.1. The summed E-state index contributed by atoms with van der Waals surface area (Å²) in [6, 6.07) is 6.22. The molecule has 1 aromatic rings. The first kappa shape index (κ1) is 16.5. The zero-order valence-electron chi connectivity index (χ0n) is 13.6. The van der Waals surface area contributed by atoms with Gasteiger partial charge in [-0.15, -0.1) is 0 Å². The zero-order valence-corrected chi connectivity index (χ0v) is 13.6. The molecule has 0 aromatic heterocycles. The van der Waals surface area contributed by atoms with E-state index in [1.165, 1.54) is 11.3 Å². The van der Waals surface area contributed by atoms with Crippen molar-refractivity contribution >= 4 is 17.3 Å². The summed E-state index contributed by atoms with van der Waals surface area (Å²) in [5.74, 6) is 0.114. The molecule has 0 bridgehead atoms. The van der Waals surface area contributed by atoms with Gasteiger partial charge in [-0.05, 0) is 37.7 Å². The average molecular weight is 277 g/mol. The number of nitrogens with zero attached hydrogens (tertiary/aromatic N) is 3. The van der Waals surface area contributed by atoms with Crippen LogP contribution in [0.15, 0.2) is 18.2 Å². The molecule has 0 spiro atoms. The molecule has 1 amide bonds. The average Bonchev–Trinajstić information content (AvgIpc) is 2.45. The molecule has 0 fully saturated rings. The predicted molar refractivity (Wildman–Crippen MR) is 86.7 cm³/mol. The van der Waals surface area contributed by atoms with Gasteiger partial charge < -0.3 is 9.80 Å². The second kappa shape index (κ2) is 7.29. The number of benzene rings is 1. The molecule has 0 unspecified atom stereocenters. The molecule has 0 N–H and O–H groups in total. The van der Waals surface area contributed by atoms with Crippen LogP contribution >= 0.6 is 0 Å². The summed E-state index contributed by atoms with van der Waals surface area (Å²) in [5.41, 5.74) is 3.42. The second-order valence-electron chi connectivity index (χ2n) is 5.34. The first-order valence-corrected chi connectivity index (χ1v) is 7.16. The van der Waals surface area contributed by atoms with E-state index in [9.17, 15) is 4.79 Å². The molecule has 0 saturated heterocycles. The Bertz CT molecular complexity index is 457. The quantitative estimate of drug-likeness (QED) is 0.798. The van der Waals surface area contributed by atoms with Gasteiger partial charge in [0.2, 0.25) is 5.91 Å². The highest BCUT2D eigenvalue weighted by atomic mass is 16.2. The van der Waals surface area contributed by atoms with Crippen molar-refractivity contribution in [3.05, 3.63) is 23.8 Å². The van der Waals surface area contributed by atoms with Crippen LogP contribution in [-0.2, 0) is 11.2 Å². The van der Waals surface area contributed by atoms with Gasteiger partial charge in [-0.3, -0.25) is 9.69 Å². The Labute approximate surface area is 123 Å². The van der Waals surface area contributed by atoms with Gasteiger partial charge in [-0.2, -0.15) is 0 Å². The Hall–Kier alpha value is -1.55. The summed E-state index contributed by atoms with van der Waals surface area (Å²) >= 11 is 0. The number of rotatable bonds is 6. The molecule has 4 heteroatoms. The number of hydrogen-bond acceptors (Lipinski definition) is 3. The lowest BCUT2D eigenvalue weighted by Crippen LogP contribution is -2.36. The van der Waals surface area contributed by atoms with Crippen molar-refractivity contribution in [3.63, 3.8) is 0 Å². The van der Waals surface area contributed by atoms with E-state index in [0.29, 0.717) is 6.54 Å². The van der Waals surface area contributed by atoms with Crippen molar-refractivity contribution in [2.24, 2.45) is 0 Å². The largest absolute Gasteiger partial charge is 0.377 e. The van der Waals surface area contributed by atoms with E-state index < -0.39 is 0 Å². The maximum absolute atomic E-state index is 12.2. The Kier molecular flexibility index (Phi) is 6.02. The van der Waals surface area contributed by atoms with E-state index in [1.807, 2.05) is 46.1 Å². The predicted octanol–water partition coefficient (Wildman–Crippen LogP) is 2.23. The lowest BCUT2D eigenvalue weighted by Gasteiger charge is -2.24. The Morgan fingerprint density at radius 1 is 1.10 bits per heavy atom. The number of likely N-dealkylation sites (N-methyl/N-ethyl adjacent to an activating group) is 2. The lowest BCUT2D eigenvalue weighted by atomic mass is 10.1. The monoisotopic (exact) mass is 277 g/mol. The van der Waals surface area contributed by atoms with Crippen LogP contribution in [-0.4, -0.2) is 52.1 Å². The standard InChI is InChI=1S/C16H27N3O/c1-7-13-9-10-14(11-15(13)17(3)4)19(6)16(20)12-18(5)8-2/h9-11H,7-8,12H2,1-6H3. The first-order valence-electron chi connectivity index (χ1n) is 7.16. The minimum absolute atomic E-state index is 0.114. The Morgan fingerprint density at radius 3 is 2.25 bits per heavy atom. The van der Waals surface area contributed by atoms with Crippen LogP contribution in [0.1, 0.15) is 19.4 Å². The van der Waals surface area contributed by atoms with Gasteiger partial charge in [0.25, 0.3) is 0 Å². The molecule has 0 aliphatic heterocycles. The molecule has 0 saturated carbocycles. The van der Waals surface area contributed by atoms with Crippen molar-refractivity contribution in [2.75, 3.05) is 51.1 Å². The molecule has 4 nitrogen and oxygen atoms in total. The van der Waals surface area contributed by atoms with Gasteiger partial charge in [-0.1, -0.05) is 19.9 Å². The highest BCUT2D eigenvalue weighted by molar-refractivity contribution is 5.94. The van der Waals surface area contributed by atoms with Crippen LogP contribution in [0, 0.1) is 0 Å². The molecule has 0 aliphatic rings. The topological polar surface area (TPSA) is 26.8 Å². The molecule has 0 heterocycles. The van der Waals surface area contributed by atoms with Gasteiger partial charge >= 0.3 is 0 Å². The highest BCUT2D eigenvalue weighted by Gasteiger charge is 2.14. The van der Waals surface area contributed by atoms with E-state index in [2.05, 4.69) is 24.0 Å². The third-order valence-electron chi connectivity index (χ3n) is 3.64. The SMILES string of the molecule is CCc1ccc(N(C)C(=O)CN(C)CC)cc1N(C)C. The molecule has 0 atom stereocenters. The summed E-state index contributed by atoms with van der Waals surface area (Å²) in [6.45, 7) is 5.51. The van der Waals surface area contributed by atoms with Crippen LogP contribution in [0.4, 0.5) is 11.4 Å². The fraction of sp³-hybridized carbons (Fsp3) is 0.562. The fourth-order valence-corrected chi connectivity index (χ4v) is 2.07. The first-order chi connectivity index (χ1) is 9.40. The second-order valence-corrected chi connectivity index (χ2v) is 5.34. The number of aryl methyl sites for hydroxylation is 1. The van der Waals surface area contributed by atoms with Crippen LogP contribution in [0.25, 0.3) is 0 Å². The fourth-order valence-electron chi connectivity index (χ4n) is 2.07. The number of anilines is 2. The van der Waals surface area contributed by atoms with Crippen molar-refractivity contribution < 1.29 is 4.79 Å².